The largest absolute Gasteiger partial charge is 0.506 e. The van der Waals surface area contributed by atoms with Gasteiger partial charge in [0.2, 0.25) is 0 Å². The van der Waals surface area contributed by atoms with Crippen LogP contribution in [0.25, 0.3) is 0 Å². The van der Waals surface area contributed by atoms with E-state index in [2.05, 4.69) is 26.3 Å². The van der Waals surface area contributed by atoms with Crippen molar-refractivity contribution >= 4 is 27.5 Å². The lowest BCUT2D eigenvalue weighted by atomic mass is 10.1. The predicted octanol–water partition coefficient (Wildman–Crippen LogP) is 3.09. The normalized spacial score (nSPS) is 17.4. The van der Waals surface area contributed by atoms with Gasteiger partial charge in [-0.05, 0) is 53.4 Å². The number of aromatic nitrogens is 2. The predicted molar refractivity (Wildman–Crippen MR) is 89.7 cm³/mol. The molecule has 1 saturated heterocycles. The van der Waals surface area contributed by atoms with Crippen LogP contribution in [0.15, 0.2) is 29.0 Å². The maximum Gasteiger partial charge on any atom is 0.259 e. The lowest BCUT2D eigenvalue weighted by Gasteiger charge is -2.09. The van der Waals surface area contributed by atoms with E-state index < -0.39 is 0 Å². The number of hydrogen-bond acceptors (Lipinski definition) is 4. The molecule has 0 bridgehead atoms. The first-order valence-corrected chi connectivity index (χ1v) is 8.27. The van der Waals surface area contributed by atoms with Crippen molar-refractivity contribution in [2.75, 3.05) is 11.9 Å². The van der Waals surface area contributed by atoms with Gasteiger partial charge in [-0.3, -0.25) is 9.48 Å². The molecule has 1 unspecified atom stereocenters. The van der Waals surface area contributed by atoms with Crippen LogP contribution in [-0.4, -0.2) is 33.5 Å². The van der Waals surface area contributed by atoms with Gasteiger partial charge in [0, 0.05) is 12.8 Å². The number of phenols is 1. The number of carbonyl (C=O) groups is 1. The Morgan fingerprint density at radius 3 is 3.13 bits per heavy atom. The Balaban J connectivity index is 1.69. The highest BCUT2D eigenvalue weighted by Crippen LogP contribution is 2.29. The number of halogens is 1. The highest BCUT2D eigenvalue weighted by Gasteiger charge is 2.18. The minimum absolute atomic E-state index is 0.0696. The van der Waals surface area contributed by atoms with E-state index in [1.165, 1.54) is 0 Å². The molecule has 2 heterocycles. The summed E-state index contributed by atoms with van der Waals surface area (Å²) in [6.07, 6.45) is 5.66. The Hall–Kier alpha value is -1.86. The third-order valence-electron chi connectivity index (χ3n) is 3.76. The maximum atomic E-state index is 12.3. The van der Waals surface area contributed by atoms with Crippen LogP contribution in [0.2, 0.25) is 0 Å². The Kier molecular flexibility index (Phi) is 4.68. The number of phenolic OH excluding ortho intramolecular Hbond substituents is 1. The number of amides is 1. The molecular formula is C16H18BrN3O3. The monoisotopic (exact) mass is 379 g/mol. The van der Waals surface area contributed by atoms with Gasteiger partial charge in [-0.15, -0.1) is 0 Å². The summed E-state index contributed by atoms with van der Waals surface area (Å²) < 4.78 is 7.83. The fourth-order valence-corrected chi connectivity index (χ4v) is 3.21. The number of hydrogen-bond donors (Lipinski definition) is 2. The SMILES string of the molecule is Cc1cc(Br)c(O)c(C(=O)Nc2cnn(CC3CCCO3)c2)c1. The van der Waals surface area contributed by atoms with Crippen LogP contribution < -0.4 is 5.32 Å². The lowest BCUT2D eigenvalue weighted by molar-refractivity contribution is 0.0940. The zero-order chi connectivity index (χ0) is 16.4. The zero-order valence-electron chi connectivity index (χ0n) is 12.8. The van der Waals surface area contributed by atoms with Gasteiger partial charge in [-0.2, -0.15) is 5.10 Å². The molecule has 3 rings (SSSR count). The molecule has 6 nitrogen and oxygen atoms in total. The number of carbonyl (C=O) groups excluding carboxylic acids is 1. The van der Waals surface area contributed by atoms with Crippen molar-refractivity contribution in [3.8, 4) is 5.75 Å². The second-order valence-electron chi connectivity index (χ2n) is 5.68. The minimum atomic E-state index is -0.372. The molecular weight excluding hydrogens is 362 g/mol. The summed E-state index contributed by atoms with van der Waals surface area (Å²) in [5.74, 6) is -0.441. The van der Waals surface area contributed by atoms with Crippen LogP contribution in [0, 0.1) is 6.92 Å². The molecule has 1 aliphatic rings. The molecule has 122 valence electrons. The van der Waals surface area contributed by atoms with Gasteiger partial charge < -0.3 is 15.2 Å². The topological polar surface area (TPSA) is 76.4 Å². The third kappa shape index (κ3) is 3.73. The van der Waals surface area contributed by atoms with Crippen molar-refractivity contribution in [1.82, 2.24) is 9.78 Å². The third-order valence-corrected chi connectivity index (χ3v) is 4.36. The van der Waals surface area contributed by atoms with Gasteiger partial charge >= 0.3 is 0 Å². The maximum absolute atomic E-state index is 12.3. The summed E-state index contributed by atoms with van der Waals surface area (Å²) in [7, 11) is 0. The van der Waals surface area contributed by atoms with Crippen LogP contribution in [0.5, 0.6) is 5.75 Å². The number of nitrogens with one attached hydrogen (secondary N) is 1. The van der Waals surface area contributed by atoms with Gasteiger partial charge in [0.25, 0.3) is 5.91 Å². The average Bonchev–Trinajstić information content (AvgIpc) is 3.15. The summed E-state index contributed by atoms with van der Waals surface area (Å²) in [4.78, 5) is 12.3. The fraction of sp³-hybridized carbons (Fsp3) is 0.375. The van der Waals surface area contributed by atoms with Crippen molar-refractivity contribution in [3.05, 3.63) is 40.1 Å². The van der Waals surface area contributed by atoms with E-state index in [1.807, 2.05) is 6.92 Å². The molecule has 0 spiro atoms. The van der Waals surface area contributed by atoms with E-state index in [1.54, 1.807) is 29.2 Å². The molecule has 0 aliphatic carbocycles. The van der Waals surface area contributed by atoms with Gasteiger partial charge in [0.1, 0.15) is 5.75 Å². The molecule has 7 heteroatoms. The molecule has 2 N–H and O–H groups in total. The Labute approximate surface area is 142 Å². The Morgan fingerprint density at radius 1 is 1.57 bits per heavy atom. The van der Waals surface area contributed by atoms with Crippen LogP contribution in [0.1, 0.15) is 28.8 Å². The minimum Gasteiger partial charge on any atom is -0.506 e. The van der Waals surface area contributed by atoms with E-state index in [4.69, 9.17) is 4.74 Å². The molecule has 1 atom stereocenters. The fourth-order valence-electron chi connectivity index (χ4n) is 2.63. The van der Waals surface area contributed by atoms with Crippen LogP contribution in [0.3, 0.4) is 0 Å². The summed E-state index contributed by atoms with van der Waals surface area (Å²) >= 11 is 3.24. The molecule has 1 aromatic carbocycles. The summed E-state index contributed by atoms with van der Waals surface area (Å²) in [5, 5.41) is 17.0. The summed E-state index contributed by atoms with van der Waals surface area (Å²) in [6, 6.07) is 3.40. The molecule has 1 aromatic heterocycles. The molecule has 1 fully saturated rings. The van der Waals surface area contributed by atoms with Gasteiger partial charge in [0.05, 0.1) is 34.6 Å². The van der Waals surface area contributed by atoms with Gasteiger partial charge in [-0.1, -0.05) is 0 Å². The second-order valence-corrected chi connectivity index (χ2v) is 6.54. The lowest BCUT2D eigenvalue weighted by Crippen LogP contribution is -2.15. The van der Waals surface area contributed by atoms with Crippen LogP contribution in [-0.2, 0) is 11.3 Å². The average molecular weight is 380 g/mol. The number of anilines is 1. The quantitative estimate of drug-likeness (QED) is 0.855. The first-order chi connectivity index (χ1) is 11.0. The zero-order valence-corrected chi connectivity index (χ0v) is 14.3. The van der Waals surface area contributed by atoms with Crippen molar-refractivity contribution in [3.63, 3.8) is 0 Å². The van der Waals surface area contributed by atoms with Crippen molar-refractivity contribution < 1.29 is 14.6 Å². The van der Waals surface area contributed by atoms with Crippen LogP contribution >= 0.6 is 15.9 Å². The van der Waals surface area contributed by atoms with E-state index in [-0.39, 0.29) is 23.3 Å². The van der Waals surface area contributed by atoms with E-state index in [0.717, 1.165) is 25.0 Å². The van der Waals surface area contributed by atoms with E-state index in [0.29, 0.717) is 16.7 Å². The number of nitrogens with zero attached hydrogens (tertiary/aromatic N) is 2. The van der Waals surface area contributed by atoms with Crippen LogP contribution in [0.4, 0.5) is 5.69 Å². The second kappa shape index (κ2) is 6.72. The highest BCUT2D eigenvalue weighted by molar-refractivity contribution is 9.10. The number of rotatable bonds is 4. The van der Waals surface area contributed by atoms with Gasteiger partial charge in [0.15, 0.2) is 0 Å². The van der Waals surface area contributed by atoms with E-state index >= 15 is 0 Å². The molecule has 0 saturated carbocycles. The molecule has 0 radical (unpaired) electrons. The molecule has 2 aromatic rings. The number of benzene rings is 1. The first kappa shape index (κ1) is 16.0. The molecule has 1 amide bonds. The number of aryl methyl sites for hydroxylation is 1. The first-order valence-electron chi connectivity index (χ1n) is 7.47. The Morgan fingerprint density at radius 2 is 2.39 bits per heavy atom. The smallest absolute Gasteiger partial charge is 0.259 e. The van der Waals surface area contributed by atoms with Crippen molar-refractivity contribution in [2.45, 2.75) is 32.4 Å². The summed E-state index contributed by atoms with van der Waals surface area (Å²) in [5.41, 5.74) is 1.70. The standard InChI is InChI=1S/C16H18BrN3O3/c1-10-5-13(15(21)14(17)6-10)16(22)19-11-7-18-20(8-11)9-12-3-2-4-23-12/h5-8,12,21H,2-4,9H2,1H3,(H,19,22). The van der Waals surface area contributed by atoms with E-state index in [9.17, 15) is 9.90 Å². The number of aromatic hydroxyl groups is 1. The van der Waals surface area contributed by atoms with Crippen molar-refractivity contribution in [2.24, 2.45) is 0 Å². The molecule has 1 aliphatic heterocycles. The molecule has 23 heavy (non-hydrogen) atoms. The Bertz CT molecular complexity index is 723. The highest BCUT2D eigenvalue weighted by atomic mass is 79.9. The summed E-state index contributed by atoms with van der Waals surface area (Å²) in [6.45, 7) is 3.34. The van der Waals surface area contributed by atoms with Crippen molar-refractivity contribution in [1.29, 1.82) is 0 Å². The number of ether oxygens (including phenoxy) is 1. The van der Waals surface area contributed by atoms with Gasteiger partial charge in [-0.25, -0.2) is 0 Å².